The maximum Gasteiger partial charge on any atom is 0.191 e. The van der Waals surface area contributed by atoms with E-state index in [0.717, 1.165) is 42.4 Å². The van der Waals surface area contributed by atoms with Crippen molar-refractivity contribution in [3.05, 3.63) is 35.4 Å². The van der Waals surface area contributed by atoms with Gasteiger partial charge in [-0.3, -0.25) is 4.90 Å². The van der Waals surface area contributed by atoms with Gasteiger partial charge in [0.25, 0.3) is 0 Å². The lowest BCUT2D eigenvalue weighted by molar-refractivity contribution is 0.270. The Hall–Kier alpha value is -1.60. The lowest BCUT2D eigenvalue weighted by atomic mass is 10.2. The molecule has 0 saturated carbocycles. The minimum Gasteiger partial charge on any atom is -0.494 e. The minimum absolute atomic E-state index is 0.243. The largest absolute Gasteiger partial charge is 0.494 e. The molecule has 144 valence electrons. The number of nitrogens with zero attached hydrogens (tertiary/aromatic N) is 4. The van der Waals surface area contributed by atoms with Gasteiger partial charge in [-0.1, -0.05) is 38.1 Å². The molecule has 1 aromatic carbocycles. The molecule has 1 aromatic heterocycles. The number of unbranched alkanes of at least 4 members (excludes halogenated alkanes) is 1. The quantitative estimate of drug-likeness (QED) is 0.567. The summed E-state index contributed by atoms with van der Waals surface area (Å²) in [7, 11) is 5.61. The summed E-state index contributed by atoms with van der Waals surface area (Å²) in [5.41, 5.74) is 0.902. The fourth-order valence-corrected chi connectivity index (χ4v) is 3.82. The fourth-order valence-electron chi connectivity index (χ4n) is 2.91. The molecule has 1 atom stereocenters. The molecule has 1 unspecified atom stereocenters. The number of ether oxygens (including phenoxy) is 1. The van der Waals surface area contributed by atoms with Crippen molar-refractivity contribution in [3.8, 4) is 5.75 Å². The van der Waals surface area contributed by atoms with Gasteiger partial charge in [0, 0.05) is 12.3 Å². The molecule has 0 bridgehead atoms. The number of benzene rings is 1. The van der Waals surface area contributed by atoms with E-state index in [4.69, 9.17) is 4.74 Å². The maximum absolute atomic E-state index is 13.9. The number of hydrogen-bond acceptors (Lipinski definition) is 5. The number of halogens is 1. The average Bonchev–Trinajstić information content (AvgIpc) is 3.01. The maximum atomic E-state index is 13.9. The zero-order valence-corrected chi connectivity index (χ0v) is 17.1. The lowest BCUT2D eigenvalue weighted by Gasteiger charge is -2.23. The molecule has 0 aliphatic carbocycles. The van der Waals surface area contributed by atoms with Gasteiger partial charge >= 0.3 is 0 Å². The Morgan fingerprint density at radius 1 is 1.27 bits per heavy atom. The summed E-state index contributed by atoms with van der Waals surface area (Å²) < 4.78 is 21.1. The zero-order valence-electron chi connectivity index (χ0n) is 16.3. The van der Waals surface area contributed by atoms with Crippen LogP contribution in [0.2, 0.25) is 0 Å². The second kappa shape index (κ2) is 9.92. The molecule has 0 amide bonds. The molecular formula is C19H29FN4OS. The predicted molar refractivity (Wildman–Crippen MR) is 104 cm³/mol. The summed E-state index contributed by atoms with van der Waals surface area (Å²) in [4.78, 5) is 2.18. The highest BCUT2D eigenvalue weighted by atomic mass is 32.2. The first-order valence-corrected chi connectivity index (χ1v) is 10.0. The molecule has 7 heteroatoms. The normalized spacial score (nSPS) is 12.6. The standard InChI is InChI=1S/C19H29FN4OS/c1-6-8-11-24-18(16(7-2)23(3)4)21-22-19(24)26-13-14-9-10-17(25-5)15(20)12-14/h9-10,12,16H,6-8,11,13H2,1-5H3. The first-order chi connectivity index (χ1) is 12.5. The highest BCUT2D eigenvalue weighted by Crippen LogP contribution is 2.28. The highest BCUT2D eigenvalue weighted by Gasteiger charge is 2.21. The average molecular weight is 381 g/mol. The molecule has 1 heterocycles. The van der Waals surface area contributed by atoms with E-state index in [9.17, 15) is 4.39 Å². The van der Waals surface area contributed by atoms with Gasteiger partial charge in [0.15, 0.2) is 22.5 Å². The predicted octanol–water partition coefficient (Wildman–Crippen LogP) is 4.53. The van der Waals surface area contributed by atoms with Crippen LogP contribution in [-0.4, -0.2) is 40.9 Å². The van der Waals surface area contributed by atoms with Gasteiger partial charge in [-0.05, 0) is 44.6 Å². The van der Waals surface area contributed by atoms with Crippen LogP contribution in [0.1, 0.15) is 50.5 Å². The van der Waals surface area contributed by atoms with Crippen molar-refractivity contribution in [2.75, 3.05) is 21.2 Å². The number of hydrogen-bond donors (Lipinski definition) is 0. The van der Waals surface area contributed by atoms with Gasteiger partial charge in [-0.15, -0.1) is 10.2 Å². The van der Waals surface area contributed by atoms with Crippen molar-refractivity contribution < 1.29 is 9.13 Å². The van der Waals surface area contributed by atoms with E-state index >= 15 is 0 Å². The van der Waals surface area contributed by atoms with E-state index in [1.165, 1.54) is 13.2 Å². The topological polar surface area (TPSA) is 43.2 Å². The van der Waals surface area contributed by atoms with Crippen molar-refractivity contribution in [1.29, 1.82) is 0 Å². The zero-order chi connectivity index (χ0) is 19.1. The van der Waals surface area contributed by atoms with Crippen LogP contribution < -0.4 is 4.74 Å². The van der Waals surface area contributed by atoms with Crippen molar-refractivity contribution in [1.82, 2.24) is 19.7 Å². The number of methoxy groups -OCH3 is 1. The number of rotatable bonds is 10. The third-order valence-electron chi connectivity index (χ3n) is 4.37. The van der Waals surface area contributed by atoms with E-state index < -0.39 is 0 Å². The summed E-state index contributed by atoms with van der Waals surface area (Å²) in [6.45, 7) is 5.25. The Bertz CT molecular complexity index is 705. The number of aromatic nitrogens is 3. The van der Waals surface area contributed by atoms with Gasteiger partial charge in [-0.25, -0.2) is 4.39 Å². The number of thioether (sulfide) groups is 1. The van der Waals surface area contributed by atoms with Crippen LogP contribution in [0.3, 0.4) is 0 Å². The third kappa shape index (κ3) is 4.98. The fraction of sp³-hybridized carbons (Fsp3) is 0.579. The van der Waals surface area contributed by atoms with Gasteiger partial charge in [-0.2, -0.15) is 0 Å². The minimum atomic E-state index is -0.336. The smallest absolute Gasteiger partial charge is 0.191 e. The highest BCUT2D eigenvalue weighted by molar-refractivity contribution is 7.98. The van der Waals surface area contributed by atoms with Gasteiger partial charge in [0.1, 0.15) is 0 Å². The van der Waals surface area contributed by atoms with E-state index in [2.05, 4.69) is 47.6 Å². The van der Waals surface area contributed by atoms with Gasteiger partial charge < -0.3 is 9.30 Å². The molecule has 0 spiro atoms. The SMILES string of the molecule is CCCCn1c(SCc2ccc(OC)c(F)c2)nnc1C(CC)N(C)C. The molecule has 5 nitrogen and oxygen atoms in total. The second-order valence-corrected chi connectivity index (χ2v) is 7.43. The van der Waals surface area contributed by atoms with Crippen LogP contribution >= 0.6 is 11.8 Å². The van der Waals surface area contributed by atoms with Gasteiger partial charge in [0.05, 0.1) is 13.2 Å². The Labute approximate surface area is 159 Å². The van der Waals surface area contributed by atoms with Crippen molar-refractivity contribution in [2.45, 2.75) is 56.6 Å². The molecule has 0 radical (unpaired) electrons. The van der Waals surface area contributed by atoms with Crippen LogP contribution in [0.4, 0.5) is 4.39 Å². The molecule has 0 aliphatic heterocycles. The van der Waals surface area contributed by atoms with Crippen molar-refractivity contribution >= 4 is 11.8 Å². The molecule has 0 saturated heterocycles. The third-order valence-corrected chi connectivity index (χ3v) is 5.41. The van der Waals surface area contributed by atoms with E-state index in [0.29, 0.717) is 5.75 Å². The summed E-state index contributed by atoms with van der Waals surface area (Å²) in [5, 5.41) is 9.79. The first-order valence-electron chi connectivity index (χ1n) is 9.06. The monoisotopic (exact) mass is 380 g/mol. The Kier molecular flexibility index (Phi) is 7.90. The summed E-state index contributed by atoms with van der Waals surface area (Å²) >= 11 is 1.60. The molecule has 0 aliphatic rings. The Balaban J connectivity index is 2.20. The van der Waals surface area contributed by atoms with Crippen LogP contribution in [0, 0.1) is 5.82 Å². The molecule has 0 fully saturated rings. The van der Waals surface area contributed by atoms with E-state index in [1.807, 2.05) is 6.07 Å². The molecule has 26 heavy (non-hydrogen) atoms. The second-order valence-electron chi connectivity index (χ2n) is 6.49. The van der Waals surface area contributed by atoms with Gasteiger partial charge in [0.2, 0.25) is 0 Å². The Morgan fingerprint density at radius 2 is 2.04 bits per heavy atom. The first kappa shape index (κ1) is 20.7. The molecule has 0 N–H and O–H groups in total. The summed E-state index contributed by atoms with van der Waals surface area (Å²) in [6.07, 6.45) is 3.18. The molecule has 2 rings (SSSR count). The van der Waals surface area contributed by atoms with E-state index in [1.54, 1.807) is 17.8 Å². The van der Waals surface area contributed by atoms with E-state index in [-0.39, 0.29) is 17.6 Å². The lowest BCUT2D eigenvalue weighted by Crippen LogP contribution is -2.23. The van der Waals surface area contributed by atoms with Crippen LogP contribution in [-0.2, 0) is 12.3 Å². The molecular weight excluding hydrogens is 351 g/mol. The summed E-state index contributed by atoms with van der Waals surface area (Å²) in [5.74, 6) is 1.58. The molecule has 2 aromatic rings. The Morgan fingerprint density at radius 3 is 2.62 bits per heavy atom. The van der Waals surface area contributed by atoms with Crippen LogP contribution in [0.15, 0.2) is 23.4 Å². The summed E-state index contributed by atoms with van der Waals surface area (Å²) in [6, 6.07) is 5.32. The van der Waals surface area contributed by atoms with Crippen molar-refractivity contribution in [3.63, 3.8) is 0 Å². The van der Waals surface area contributed by atoms with Crippen LogP contribution in [0.5, 0.6) is 5.75 Å². The van der Waals surface area contributed by atoms with Crippen molar-refractivity contribution in [2.24, 2.45) is 0 Å². The van der Waals surface area contributed by atoms with Crippen LogP contribution in [0.25, 0.3) is 0 Å².